The van der Waals surface area contributed by atoms with E-state index >= 15 is 0 Å². The summed E-state index contributed by atoms with van der Waals surface area (Å²) in [5.74, 6) is 0.0418. The van der Waals surface area contributed by atoms with Gasteiger partial charge in [-0.3, -0.25) is 14.4 Å². The molecule has 0 heterocycles. The van der Waals surface area contributed by atoms with Crippen LogP contribution in [0.15, 0.2) is 18.2 Å². The molecule has 0 spiro atoms. The van der Waals surface area contributed by atoms with Crippen molar-refractivity contribution in [2.45, 2.75) is 40.5 Å². The van der Waals surface area contributed by atoms with E-state index in [0.29, 0.717) is 48.8 Å². The average Bonchev–Trinajstić information content (AvgIpc) is 2.61. The molecule has 0 saturated heterocycles. The summed E-state index contributed by atoms with van der Waals surface area (Å²) in [6.07, 6.45) is 2.08. The predicted octanol–water partition coefficient (Wildman–Crippen LogP) is 3.14. The fourth-order valence-electron chi connectivity index (χ4n) is 2.36. The number of carbonyl (C=O) groups is 3. The minimum atomic E-state index is -0.184. The third-order valence-corrected chi connectivity index (χ3v) is 4.34. The van der Waals surface area contributed by atoms with Crippen molar-refractivity contribution in [2.24, 2.45) is 5.92 Å². The highest BCUT2D eigenvalue weighted by atomic mass is 16.2. The first kappa shape index (κ1) is 20.7. The predicted molar refractivity (Wildman–Crippen MR) is 101 cm³/mol. The van der Waals surface area contributed by atoms with Crippen LogP contribution >= 0.6 is 0 Å². The summed E-state index contributed by atoms with van der Waals surface area (Å²) in [5, 5.41) is 2.85. The molecule has 25 heavy (non-hydrogen) atoms. The summed E-state index contributed by atoms with van der Waals surface area (Å²) in [5.41, 5.74) is 1.51. The van der Waals surface area contributed by atoms with Crippen LogP contribution in [0.2, 0.25) is 0 Å². The van der Waals surface area contributed by atoms with Gasteiger partial charge in [-0.2, -0.15) is 0 Å². The Hall–Kier alpha value is -2.37. The van der Waals surface area contributed by atoms with Gasteiger partial charge in [-0.1, -0.05) is 20.3 Å². The molecule has 1 N–H and O–H groups in total. The molecule has 0 aromatic heterocycles. The zero-order chi connectivity index (χ0) is 19.0. The van der Waals surface area contributed by atoms with Crippen LogP contribution < -0.4 is 10.2 Å². The number of nitrogens with zero attached hydrogens (tertiary/aromatic N) is 2. The van der Waals surface area contributed by atoms with E-state index in [1.807, 2.05) is 27.7 Å². The van der Waals surface area contributed by atoms with Crippen LogP contribution in [0.3, 0.4) is 0 Å². The van der Waals surface area contributed by atoms with E-state index in [1.165, 1.54) is 4.90 Å². The van der Waals surface area contributed by atoms with Gasteiger partial charge < -0.3 is 15.1 Å². The minimum Gasteiger partial charge on any atom is -0.342 e. The van der Waals surface area contributed by atoms with Crippen molar-refractivity contribution in [3.05, 3.63) is 23.8 Å². The maximum Gasteiger partial charge on any atom is 0.255 e. The minimum absolute atomic E-state index is 0.0768. The molecule has 6 heteroatoms. The Balaban J connectivity index is 3.17. The first-order chi connectivity index (χ1) is 11.9. The molecule has 138 valence electrons. The first-order valence-electron chi connectivity index (χ1n) is 8.79. The summed E-state index contributed by atoms with van der Waals surface area (Å²) in [6, 6.07) is 5.07. The molecule has 3 amide bonds. The van der Waals surface area contributed by atoms with E-state index in [-0.39, 0.29) is 11.8 Å². The molecular weight excluding hydrogens is 318 g/mol. The molecule has 0 bridgehead atoms. The van der Waals surface area contributed by atoms with E-state index in [2.05, 4.69) is 5.32 Å². The van der Waals surface area contributed by atoms with Gasteiger partial charge in [-0.15, -0.1) is 0 Å². The van der Waals surface area contributed by atoms with Crippen LogP contribution in [0.25, 0.3) is 0 Å². The van der Waals surface area contributed by atoms with Crippen molar-refractivity contribution in [3.8, 4) is 0 Å². The molecule has 0 saturated carbocycles. The van der Waals surface area contributed by atoms with Crippen LogP contribution in [0.5, 0.6) is 0 Å². The van der Waals surface area contributed by atoms with Gasteiger partial charge in [0.2, 0.25) is 12.3 Å². The molecule has 0 aliphatic carbocycles. The maximum atomic E-state index is 12.7. The van der Waals surface area contributed by atoms with E-state index in [9.17, 15) is 14.4 Å². The first-order valence-corrected chi connectivity index (χ1v) is 8.79. The summed E-state index contributed by atoms with van der Waals surface area (Å²) >= 11 is 0. The molecule has 0 aliphatic heterocycles. The second-order valence-electron chi connectivity index (χ2n) is 6.21. The topological polar surface area (TPSA) is 69.7 Å². The Morgan fingerprint density at radius 3 is 2.40 bits per heavy atom. The van der Waals surface area contributed by atoms with E-state index in [4.69, 9.17) is 0 Å². The lowest BCUT2D eigenvalue weighted by atomic mass is 10.0. The molecule has 1 atom stereocenters. The molecule has 0 fully saturated rings. The molecular formula is C19H29N3O3. The molecule has 0 aliphatic rings. The van der Waals surface area contributed by atoms with Crippen molar-refractivity contribution in [1.82, 2.24) is 4.90 Å². The standard InChI is InChI=1S/C19H29N3O3/c1-6-14(4)11-18(24)20-15-9-10-17(22(8-3)13-23)16(12-15)19(25)21(5)7-2/h9-10,12-14H,6-8,11H2,1-5H3,(H,20,24). The van der Waals surface area contributed by atoms with Crippen molar-refractivity contribution in [2.75, 3.05) is 30.4 Å². The van der Waals surface area contributed by atoms with Crippen LogP contribution in [0.1, 0.15) is 50.9 Å². The third kappa shape index (κ3) is 5.59. The highest BCUT2D eigenvalue weighted by Crippen LogP contribution is 2.25. The second kappa shape index (κ2) is 9.81. The highest BCUT2D eigenvalue weighted by molar-refractivity contribution is 6.03. The molecule has 0 radical (unpaired) electrons. The van der Waals surface area contributed by atoms with Gasteiger partial charge in [0.15, 0.2) is 0 Å². The summed E-state index contributed by atoms with van der Waals surface area (Å²) in [6.45, 7) is 8.80. The quantitative estimate of drug-likeness (QED) is 0.698. The van der Waals surface area contributed by atoms with Gasteiger partial charge in [0, 0.05) is 32.2 Å². The number of anilines is 2. The largest absolute Gasteiger partial charge is 0.342 e. The Morgan fingerprint density at radius 2 is 1.88 bits per heavy atom. The molecule has 1 aromatic rings. The SMILES string of the molecule is CCC(C)CC(=O)Nc1ccc(N(C=O)CC)c(C(=O)N(C)CC)c1. The summed E-state index contributed by atoms with van der Waals surface area (Å²) in [7, 11) is 1.71. The lowest BCUT2D eigenvalue weighted by Gasteiger charge is -2.22. The smallest absolute Gasteiger partial charge is 0.255 e. The van der Waals surface area contributed by atoms with E-state index < -0.39 is 0 Å². The van der Waals surface area contributed by atoms with Crippen molar-refractivity contribution >= 4 is 29.6 Å². The number of rotatable bonds is 9. The fourth-order valence-corrected chi connectivity index (χ4v) is 2.36. The number of amides is 3. The maximum absolute atomic E-state index is 12.7. The molecule has 1 rings (SSSR count). The number of nitrogens with one attached hydrogen (secondary N) is 1. The summed E-state index contributed by atoms with van der Waals surface area (Å²) in [4.78, 5) is 39.1. The number of hydrogen-bond donors (Lipinski definition) is 1. The Bertz CT molecular complexity index is 616. The van der Waals surface area contributed by atoms with Gasteiger partial charge in [-0.25, -0.2) is 0 Å². The van der Waals surface area contributed by atoms with Crippen LogP contribution in [-0.4, -0.2) is 43.3 Å². The Morgan fingerprint density at radius 1 is 1.20 bits per heavy atom. The fraction of sp³-hybridized carbons (Fsp3) is 0.526. The molecule has 1 aromatic carbocycles. The zero-order valence-corrected chi connectivity index (χ0v) is 15.8. The van der Waals surface area contributed by atoms with Gasteiger partial charge in [-0.05, 0) is 38.0 Å². The van der Waals surface area contributed by atoms with E-state index in [1.54, 1.807) is 30.1 Å². The second-order valence-corrected chi connectivity index (χ2v) is 6.21. The normalized spacial score (nSPS) is 11.6. The van der Waals surface area contributed by atoms with Gasteiger partial charge in [0.25, 0.3) is 5.91 Å². The number of hydrogen-bond acceptors (Lipinski definition) is 3. The van der Waals surface area contributed by atoms with Gasteiger partial charge in [0.05, 0.1) is 11.3 Å². The van der Waals surface area contributed by atoms with Crippen LogP contribution in [-0.2, 0) is 9.59 Å². The van der Waals surface area contributed by atoms with Crippen molar-refractivity contribution in [1.29, 1.82) is 0 Å². The van der Waals surface area contributed by atoms with Crippen LogP contribution in [0, 0.1) is 5.92 Å². The molecule has 1 unspecified atom stereocenters. The highest BCUT2D eigenvalue weighted by Gasteiger charge is 2.19. The van der Waals surface area contributed by atoms with Crippen molar-refractivity contribution in [3.63, 3.8) is 0 Å². The number of benzene rings is 1. The Kier molecular flexibility index (Phi) is 8.11. The van der Waals surface area contributed by atoms with Gasteiger partial charge in [0.1, 0.15) is 0 Å². The Labute approximate surface area is 150 Å². The van der Waals surface area contributed by atoms with Crippen LogP contribution in [0.4, 0.5) is 11.4 Å². The lowest BCUT2D eigenvalue weighted by molar-refractivity contribution is -0.117. The average molecular weight is 347 g/mol. The molecule has 6 nitrogen and oxygen atoms in total. The number of carbonyl (C=O) groups excluding carboxylic acids is 3. The lowest BCUT2D eigenvalue weighted by Crippen LogP contribution is -2.30. The zero-order valence-electron chi connectivity index (χ0n) is 15.8. The van der Waals surface area contributed by atoms with Crippen molar-refractivity contribution < 1.29 is 14.4 Å². The van der Waals surface area contributed by atoms with Gasteiger partial charge >= 0.3 is 0 Å². The van der Waals surface area contributed by atoms with E-state index in [0.717, 1.165) is 6.42 Å². The summed E-state index contributed by atoms with van der Waals surface area (Å²) < 4.78 is 0. The third-order valence-electron chi connectivity index (χ3n) is 4.34. The monoisotopic (exact) mass is 347 g/mol.